The first kappa shape index (κ1) is 18.2. The van der Waals surface area contributed by atoms with E-state index in [-0.39, 0.29) is 9.92 Å². The Kier molecular flexibility index (Phi) is 7.21. The monoisotopic (exact) mass is 405 g/mol. The number of alkyl halides is 1. The molecule has 0 saturated heterocycles. The minimum Gasteiger partial charge on any atom is -0.207 e. The van der Waals surface area contributed by atoms with Gasteiger partial charge < -0.3 is 0 Å². The number of benzene rings is 1. The molecule has 0 bridgehead atoms. The van der Waals surface area contributed by atoms with Crippen molar-refractivity contribution in [3.8, 4) is 0 Å². The quantitative estimate of drug-likeness (QED) is 0.384. The van der Waals surface area contributed by atoms with E-state index in [1.54, 1.807) is 0 Å². The van der Waals surface area contributed by atoms with Crippen LogP contribution in [0.3, 0.4) is 0 Å². The lowest BCUT2D eigenvalue weighted by atomic mass is 10.2. The van der Waals surface area contributed by atoms with Crippen LogP contribution in [0.15, 0.2) is 17.0 Å². The lowest BCUT2D eigenvalue weighted by Gasteiger charge is -2.18. The van der Waals surface area contributed by atoms with Crippen LogP contribution >= 0.6 is 39.1 Å². The molecular formula is C12H15BrCl2FNO2S. The zero-order valence-corrected chi connectivity index (χ0v) is 14.8. The molecule has 0 atom stereocenters. The summed E-state index contributed by atoms with van der Waals surface area (Å²) in [6.45, 7) is 0.357. The Hall–Kier alpha value is 0.120. The van der Waals surface area contributed by atoms with Crippen LogP contribution in [-0.2, 0) is 10.0 Å². The van der Waals surface area contributed by atoms with Crippen molar-refractivity contribution in [2.75, 3.05) is 18.9 Å². The van der Waals surface area contributed by atoms with E-state index in [1.165, 1.54) is 23.5 Å². The summed E-state index contributed by atoms with van der Waals surface area (Å²) >= 11 is 14.6. The smallest absolute Gasteiger partial charge is 0.207 e. The Bertz CT molecular complexity index is 569. The van der Waals surface area contributed by atoms with Gasteiger partial charge in [0.1, 0.15) is 4.90 Å². The summed E-state index contributed by atoms with van der Waals surface area (Å²) in [4.78, 5) is -0.260. The van der Waals surface area contributed by atoms with Crippen LogP contribution in [0.25, 0.3) is 0 Å². The molecule has 0 amide bonds. The molecule has 0 heterocycles. The Balaban J connectivity index is 2.91. The van der Waals surface area contributed by atoms with Crippen molar-refractivity contribution in [3.05, 3.63) is 28.0 Å². The molecule has 20 heavy (non-hydrogen) atoms. The van der Waals surface area contributed by atoms with Crippen LogP contribution in [0.5, 0.6) is 0 Å². The highest BCUT2D eigenvalue weighted by atomic mass is 79.9. The van der Waals surface area contributed by atoms with Crippen LogP contribution in [0, 0.1) is 5.82 Å². The second kappa shape index (κ2) is 7.94. The molecule has 0 aliphatic carbocycles. The second-order valence-corrected chi connectivity index (χ2v) is 7.84. The molecule has 114 valence electrons. The van der Waals surface area contributed by atoms with Crippen molar-refractivity contribution in [1.29, 1.82) is 0 Å². The van der Waals surface area contributed by atoms with E-state index >= 15 is 0 Å². The first-order valence-electron chi connectivity index (χ1n) is 5.98. The lowest BCUT2D eigenvalue weighted by molar-refractivity contribution is 0.454. The fraction of sp³-hybridized carbons (Fsp3) is 0.500. The van der Waals surface area contributed by atoms with Crippen LogP contribution < -0.4 is 0 Å². The maximum Gasteiger partial charge on any atom is 0.244 e. The number of hydrogen-bond acceptors (Lipinski definition) is 2. The fourth-order valence-electron chi connectivity index (χ4n) is 1.60. The van der Waals surface area contributed by atoms with Gasteiger partial charge in [-0.1, -0.05) is 45.6 Å². The molecule has 0 N–H and O–H groups in total. The summed E-state index contributed by atoms with van der Waals surface area (Å²) in [5.41, 5.74) is 0. The molecule has 1 aromatic rings. The Labute approximate surface area is 137 Å². The number of halogens is 4. The van der Waals surface area contributed by atoms with Crippen molar-refractivity contribution in [2.45, 2.75) is 24.2 Å². The van der Waals surface area contributed by atoms with Gasteiger partial charge in [-0.05, 0) is 25.0 Å². The van der Waals surface area contributed by atoms with Gasteiger partial charge in [-0.3, -0.25) is 0 Å². The summed E-state index contributed by atoms with van der Waals surface area (Å²) in [6, 6.07) is 2.41. The van der Waals surface area contributed by atoms with Gasteiger partial charge in [0.2, 0.25) is 10.0 Å². The minimum atomic E-state index is -3.81. The van der Waals surface area contributed by atoms with Crippen molar-refractivity contribution in [2.24, 2.45) is 0 Å². The predicted molar refractivity (Wildman–Crippen MR) is 83.9 cm³/mol. The Morgan fingerprint density at radius 3 is 2.50 bits per heavy atom. The SMILES string of the molecule is CN(CCCCCBr)S(=O)(=O)c1ccc(Cl)c(F)c1Cl. The fourth-order valence-corrected chi connectivity index (χ4v) is 3.92. The molecule has 0 saturated carbocycles. The van der Waals surface area contributed by atoms with Crippen molar-refractivity contribution in [3.63, 3.8) is 0 Å². The molecule has 0 unspecified atom stereocenters. The molecule has 0 aliphatic heterocycles. The van der Waals surface area contributed by atoms with Gasteiger partial charge in [-0.25, -0.2) is 17.1 Å². The second-order valence-electron chi connectivity index (χ2n) is 4.25. The maximum absolute atomic E-state index is 13.6. The molecule has 3 nitrogen and oxygen atoms in total. The molecular weight excluding hydrogens is 392 g/mol. The third kappa shape index (κ3) is 4.31. The van der Waals surface area contributed by atoms with E-state index in [9.17, 15) is 12.8 Å². The van der Waals surface area contributed by atoms with E-state index < -0.39 is 20.9 Å². The molecule has 0 aromatic heterocycles. The lowest BCUT2D eigenvalue weighted by Crippen LogP contribution is -2.28. The zero-order valence-electron chi connectivity index (χ0n) is 10.9. The van der Waals surface area contributed by atoms with Gasteiger partial charge in [0.25, 0.3) is 0 Å². The highest BCUT2D eigenvalue weighted by Gasteiger charge is 2.25. The Morgan fingerprint density at radius 2 is 1.90 bits per heavy atom. The summed E-state index contributed by atoms with van der Waals surface area (Å²) in [5.74, 6) is -0.915. The highest BCUT2D eigenvalue weighted by molar-refractivity contribution is 9.09. The topological polar surface area (TPSA) is 37.4 Å². The molecule has 1 rings (SSSR count). The van der Waals surface area contributed by atoms with Gasteiger partial charge >= 0.3 is 0 Å². The average Bonchev–Trinajstić information content (AvgIpc) is 2.40. The van der Waals surface area contributed by atoms with E-state index in [0.717, 1.165) is 24.6 Å². The standard InChI is InChI=1S/C12H15BrCl2FNO2S/c1-17(8-4-2-3-7-13)20(18,19)10-6-5-9(14)12(16)11(10)15/h5-6H,2-4,7-8H2,1H3. The number of sulfonamides is 1. The van der Waals surface area contributed by atoms with Gasteiger partial charge in [-0.15, -0.1) is 0 Å². The van der Waals surface area contributed by atoms with Gasteiger partial charge in [-0.2, -0.15) is 0 Å². The third-order valence-corrected chi connectivity index (χ3v) is 6.03. The van der Waals surface area contributed by atoms with Crippen LogP contribution in [0.1, 0.15) is 19.3 Å². The number of hydrogen-bond donors (Lipinski definition) is 0. The molecule has 1 aromatic carbocycles. The molecule has 0 spiro atoms. The number of unbranched alkanes of at least 4 members (excludes halogenated alkanes) is 2. The largest absolute Gasteiger partial charge is 0.244 e. The third-order valence-electron chi connectivity index (χ3n) is 2.79. The summed E-state index contributed by atoms with van der Waals surface area (Å²) in [5, 5.41) is 0.219. The Morgan fingerprint density at radius 1 is 1.25 bits per heavy atom. The van der Waals surface area contributed by atoms with E-state index in [4.69, 9.17) is 23.2 Å². The van der Waals surface area contributed by atoms with Gasteiger partial charge in [0.15, 0.2) is 5.82 Å². The summed E-state index contributed by atoms with van der Waals surface area (Å²) < 4.78 is 39.4. The molecule has 0 aliphatic rings. The number of rotatable bonds is 7. The van der Waals surface area contributed by atoms with E-state index in [2.05, 4.69) is 15.9 Å². The van der Waals surface area contributed by atoms with Crippen molar-refractivity contribution in [1.82, 2.24) is 4.31 Å². The normalized spacial score (nSPS) is 12.1. The van der Waals surface area contributed by atoms with E-state index in [1.807, 2.05) is 0 Å². The summed E-state index contributed by atoms with van der Waals surface area (Å²) in [6.07, 6.45) is 2.62. The van der Waals surface area contributed by atoms with Crippen molar-refractivity contribution >= 4 is 49.2 Å². The van der Waals surface area contributed by atoms with E-state index in [0.29, 0.717) is 6.54 Å². The first-order valence-corrected chi connectivity index (χ1v) is 9.30. The van der Waals surface area contributed by atoms with Gasteiger partial charge in [0.05, 0.1) is 10.0 Å². The minimum absolute atomic E-state index is 0.200. The zero-order chi connectivity index (χ0) is 15.3. The molecule has 0 radical (unpaired) electrons. The summed E-state index contributed by atoms with van der Waals surface area (Å²) in [7, 11) is -2.35. The predicted octanol–water partition coefficient (Wildman–Crippen LogP) is 4.32. The van der Waals surface area contributed by atoms with Gasteiger partial charge in [0, 0.05) is 18.9 Å². The van der Waals surface area contributed by atoms with Crippen LogP contribution in [-0.4, -0.2) is 31.6 Å². The van der Waals surface area contributed by atoms with Crippen LogP contribution in [0.4, 0.5) is 4.39 Å². The number of nitrogens with zero attached hydrogens (tertiary/aromatic N) is 1. The average molecular weight is 407 g/mol. The first-order chi connectivity index (χ1) is 9.32. The highest BCUT2D eigenvalue weighted by Crippen LogP contribution is 2.30. The van der Waals surface area contributed by atoms with Crippen molar-refractivity contribution < 1.29 is 12.8 Å². The maximum atomic E-state index is 13.6. The molecule has 0 fully saturated rings. The van der Waals surface area contributed by atoms with Crippen LogP contribution in [0.2, 0.25) is 10.0 Å². The molecule has 8 heteroatoms.